The van der Waals surface area contributed by atoms with Crippen LogP contribution in [0.2, 0.25) is 0 Å². The van der Waals surface area contributed by atoms with Crippen molar-refractivity contribution in [2.24, 2.45) is 4.99 Å². The van der Waals surface area contributed by atoms with Crippen molar-refractivity contribution in [3.8, 4) is 0 Å². The molecule has 1 aliphatic heterocycles. The predicted molar refractivity (Wildman–Crippen MR) is 118 cm³/mol. The summed E-state index contributed by atoms with van der Waals surface area (Å²) in [5.74, 6) is 1.74. The van der Waals surface area contributed by atoms with E-state index >= 15 is 0 Å². The number of sulfonamides is 1. The maximum atomic E-state index is 12.1. The van der Waals surface area contributed by atoms with Crippen LogP contribution in [-0.2, 0) is 10.0 Å². The summed E-state index contributed by atoms with van der Waals surface area (Å²) in [4.78, 5) is 11.2. The third-order valence-electron chi connectivity index (χ3n) is 4.59. The number of anilines is 1. The number of hydrogen-bond acceptors (Lipinski definition) is 6. The fourth-order valence-electron chi connectivity index (χ4n) is 3.14. The first kappa shape index (κ1) is 21.5. The molecule has 2 aromatic rings. The molecule has 0 unspecified atom stereocenters. The Morgan fingerprint density at radius 2 is 2.10 bits per heavy atom. The molecule has 3 rings (SSSR count). The van der Waals surface area contributed by atoms with E-state index in [-0.39, 0.29) is 6.54 Å². The summed E-state index contributed by atoms with van der Waals surface area (Å²) >= 11 is 1.20. The van der Waals surface area contributed by atoms with E-state index in [1.165, 1.54) is 11.3 Å². The molecule has 29 heavy (non-hydrogen) atoms. The first-order chi connectivity index (χ1) is 14.1. The van der Waals surface area contributed by atoms with Gasteiger partial charge in [-0.3, -0.25) is 4.99 Å². The Kier molecular flexibility index (Phi) is 7.84. The van der Waals surface area contributed by atoms with Gasteiger partial charge in [-0.15, -0.1) is 11.3 Å². The molecule has 158 valence electrons. The summed E-state index contributed by atoms with van der Waals surface area (Å²) in [6.07, 6.45) is 3.81. The highest BCUT2D eigenvalue weighted by atomic mass is 32.2. The van der Waals surface area contributed by atoms with Crippen LogP contribution in [0.25, 0.3) is 0 Å². The lowest BCUT2D eigenvalue weighted by Gasteiger charge is -2.33. The van der Waals surface area contributed by atoms with E-state index in [2.05, 4.69) is 30.2 Å². The molecule has 3 heterocycles. The lowest BCUT2D eigenvalue weighted by Crippen LogP contribution is -2.49. The van der Waals surface area contributed by atoms with E-state index in [4.69, 9.17) is 0 Å². The second kappa shape index (κ2) is 10.6. The van der Waals surface area contributed by atoms with Crippen molar-refractivity contribution < 1.29 is 8.42 Å². The van der Waals surface area contributed by atoms with Crippen molar-refractivity contribution >= 4 is 33.1 Å². The molecule has 3 N–H and O–H groups in total. The number of aromatic nitrogens is 1. The molecular weight excluding hydrogens is 408 g/mol. The number of thiophene rings is 1. The molecule has 1 fully saturated rings. The summed E-state index contributed by atoms with van der Waals surface area (Å²) in [5, 5.41) is 8.46. The highest BCUT2D eigenvalue weighted by Crippen LogP contribution is 2.17. The monoisotopic (exact) mass is 436 g/mol. The van der Waals surface area contributed by atoms with Gasteiger partial charge in [0.25, 0.3) is 0 Å². The molecule has 1 saturated heterocycles. The predicted octanol–water partition coefficient (Wildman–Crippen LogP) is 1.65. The molecule has 0 spiro atoms. The molecule has 0 radical (unpaired) electrons. The summed E-state index contributed by atoms with van der Waals surface area (Å²) in [6, 6.07) is 9.63. The summed E-state index contributed by atoms with van der Waals surface area (Å²) in [7, 11) is -3.44. The largest absolute Gasteiger partial charge is 0.357 e. The molecule has 0 atom stereocenters. The van der Waals surface area contributed by atoms with Crippen LogP contribution in [0.5, 0.6) is 0 Å². The average Bonchev–Trinajstić information content (AvgIpc) is 3.29. The molecule has 2 aromatic heterocycles. The van der Waals surface area contributed by atoms with Gasteiger partial charge >= 0.3 is 0 Å². The smallest absolute Gasteiger partial charge is 0.250 e. The minimum absolute atomic E-state index is 0.259. The molecule has 0 saturated carbocycles. The van der Waals surface area contributed by atoms with Crippen LogP contribution in [0.3, 0.4) is 0 Å². The Morgan fingerprint density at radius 3 is 2.76 bits per heavy atom. The van der Waals surface area contributed by atoms with E-state index in [1.807, 2.05) is 31.3 Å². The molecule has 0 amide bonds. The third-order valence-corrected chi connectivity index (χ3v) is 7.45. The quantitative estimate of drug-likeness (QED) is 0.331. The zero-order valence-electron chi connectivity index (χ0n) is 16.5. The maximum Gasteiger partial charge on any atom is 0.250 e. The van der Waals surface area contributed by atoms with Crippen molar-refractivity contribution in [3.05, 3.63) is 41.9 Å². The van der Waals surface area contributed by atoms with Gasteiger partial charge in [0, 0.05) is 38.4 Å². The van der Waals surface area contributed by atoms with Crippen molar-refractivity contribution in [2.75, 3.05) is 37.6 Å². The number of nitrogens with zero attached hydrogens (tertiary/aromatic N) is 3. The van der Waals surface area contributed by atoms with E-state index in [9.17, 15) is 8.42 Å². The number of guanidine groups is 1. The summed E-state index contributed by atoms with van der Waals surface area (Å²) in [5.41, 5.74) is 0. The molecule has 0 aliphatic carbocycles. The minimum Gasteiger partial charge on any atom is -0.357 e. The van der Waals surface area contributed by atoms with E-state index in [1.54, 1.807) is 17.5 Å². The average molecular weight is 437 g/mol. The zero-order valence-corrected chi connectivity index (χ0v) is 18.2. The number of hydrogen-bond donors (Lipinski definition) is 3. The second-order valence-corrected chi connectivity index (χ2v) is 9.63. The standard InChI is InChI=1S/C19H28N6O2S2/c1-2-20-19(22-11-12-23-29(26,27)18-7-5-15-28-18)24-16-8-13-25(14-9-16)17-6-3-4-10-21-17/h3-7,10,15-16,23H,2,8-9,11-14H2,1H3,(H2,20,22,24). The van der Waals surface area contributed by atoms with Crippen LogP contribution >= 0.6 is 11.3 Å². The van der Waals surface area contributed by atoms with Crippen LogP contribution in [0.15, 0.2) is 51.1 Å². The summed E-state index contributed by atoms with van der Waals surface area (Å²) in [6.45, 7) is 5.27. The first-order valence-corrected chi connectivity index (χ1v) is 12.2. The van der Waals surface area contributed by atoms with Crippen molar-refractivity contribution in [2.45, 2.75) is 30.0 Å². The van der Waals surface area contributed by atoms with E-state index in [0.29, 0.717) is 16.8 Å². The van der Waals surface area contributed by atoms with Crippen molar-refractivity contribution in [1.29, 1.82) is 0 Å². The Balaban J connectivity index is 1.46. The molecule has 10 heteroatoms. The Bertz CT molecular complexity index is 863. The second-order valence-electron chi connectivity index (χ2n) is 6.68. The van der Waals surface area contributed by atoms with Gasteiger partial charge in [-0.1, -0.05) is 12.1 Å². The lowest BCUT2D eigenvalue weighted by atomic mass is 10.1. The Morgan fingerprint density at radius 1 is 1.28 bits per heavy atom. The number of nitrogens with one attached hydrogen (secondary N) is 3. The topological polar surface area (TPSA) is 98.7 Å². The van der Waals surface area contributed by atoms with Crippen LogP contribution in [-0.4, -0.2) is 58.1 Å². The van der Waals surface area contributed by atoms with Crippen LogP contribution in [0.4, 0.5) is 5.82 Å². The van der Waals surface area contributed by atoms with Gasteiger partial charge in [-0.05, 0) is 43.3 Å². The van der Waals surface area contributed by atoms with Gasteiger partial charge in [0.15, 0.2) is 5.96 Å². The van der Waals surface area contributed by atoms with Crippen molar-refractivity contribution in [1.82, 2.24) is 20.3 Å². The van der Waals surface area contributed by atoms with Crippen molar-refractivity contribution in [3.63, 3.8) is 0 Å². The van der Waals surface area contributed by atoms with Gasteiger partial charge < -0.3 is 15.5 Å². The van der Waals surface area contributed by atoms with Gasteiger partial charge in [0.05, 0.1) is 6.54 Å². The highest BCUT2D eigenvalue weighted by molar-refractivity contribution is 7.91. The number of piperidine rings is 1. The number of rotatable bonds is 8. The highest BCUT2D eigenvalue weighted by Gasteiger charge is 2.20. The minimum atomic E-state index is -3.44. The fraction of sp³-hybridized carbons (Fsp3) is 0.474. The lowest BCUT2D eigenvalue weighted by molar-refractivity contribution is 0.459. The van der Waals surface area contributed by atoms with E-state index < -0.39 is 10.0 Å². The van der Waals surface area contributed by atoms with Gasteiger partial charge in [0.1, 0.15) is 10.0 Å². The van der Waals surface area contributed by atoms with Gasteiger partial charge in [-0.2, -0.15) is 0 Å². The fourth-order valence-corrected chi connectivity index (χ4v) is 5.20. The van der Waals surface area contributed by atoms with Gasteiger partial charge in [-0.25, -0.2) is 18.1 Å². The molecular formula is C19H28N6O2S2. The SMILES string of the molecule is CCNC(=NCCNS(=O)(=O)c1cccs1)NC1CCN(c2ccccn2)CC1. The molecule has 8 nitrogen and oxygen atoms in total. The Labute approximate surface area is 176 Å². The molecule has 1 aliphatic rings. The van der Waals surface area contributed by atoms with Crippen LogP contribution in [0, 0.1) is 0 Å². The summed E-state index contributed by atoms with van der Waals surface area (Å²) < 4.78 is 27.2. The molecule has 0 aromatic carbocycles. The zero-order chi connectivity index (χ0) is 20.5. The van der Waals surface area contributed by atoms with Crippen LogP contribution in [0.1, 0.15) is 19.8 Å². The van der Waals surface area contributed by atoms with Gasteiger partial charge in [0.2, 0.25) is 10.0 Å². The number of aliphatic imine (C=N–C) groups is 1. The Hall–Kier alpha value is -2.17. The molecule has 0 bridgehead atoms. The van der Waals surface area contributed by atoms with Crippen LogP contribution < -0.4 is 20.3 Å². The number of pyridine rings is 1. The normalized spacial score (nSPS) is 16.0. The third kappa shape index (κ3) is 6.41. The first-order valence-electron chi connectivity index (χ1n) is 9.82. The van der Waals surface area contributed by atoms with E-state index in [0.717, 1.165) is 44.3 Å². The maximum absolute atomic E-state index is 12.1.